The van der Waals surface area contributed by atoms with Gasteiger partial charge in [-0.25, -0.2) is 0 Å². The Morgan fingerprint density at radius 1 is 0.949 bits per heavy atom. The van der Waals surface area contributed by atoms with Gasteiger partial charge in [0.15, 0.2) is 0 Å². The number of hydrogen-bond acceptors (Lipinski definition) is 8. The predicted octanol–water partition coefficient (Wildman–Crippen LogP) is 5.74. The minimum Gasteiger partial charge on any atom is -0.504 e. The van der Waals surface area contributed by atoms with E-state index in [-0.39, 0.29) is 11.8 Å². The molecule has 2 fully saturated rings. The molecule has 9 heteroatoms. The molecule has 0 aliphatic carbocycles. The van der Waals surface area contributed by atoms with Gasteiger partial charge in [-0.15, -0.1) is 23.1 Å². The maximum atomic E-state index is 9.75. The molecule has 2 saturated heterocycles. The Kier molecular flexibility index (Phi) is 10.7. The number of rotatable bonds is 6. The second kappa shape index (κ2) is 13.9. The summed E-state index contributed by atoms with van der Waals surface area (Å²) in [5, 5.41) is 16.7. The number of fused-ring (bicyclic) bond motifs is 1. The average molecular weight is 567 g/mol. The van der Waals surface area contributed by atoms with Crippen LogP contribution in [0.4, 0.5) is 11.4 Å². The minimum absolute atomic E-state index is 0.152. The highest BCUT2D eigenvalue weighted by Crippen LogP contribution is 2.39. The smallest absolute Gasteiger partial charge is 0.376 e. The first-order valence-electron chi connectivity index (χ1n) is 13.9. The van der Waals surface area contributed by atoms with Gasteiger partial charge in [0.2, 0.25) is 0 Å². The number of nitrogens with one attached hydrogen (secondary N) is 1. The van der Waals surface area contributed by atoms with E-state index in [0.29, 0.717) is 0 Å². The monoisotopic (exact) mass is 566 g/mol. The van der Waals surface area contributed by atoms with E-state index in [2.05, 4.69) is 94.6 Å². The lowest BCUT2D eigenvalue weighted by Crippen LogP contribution is -2.51. The molecule has 2 aromatic carbocycles. The summed E-state index contributed by atoms with van der Waals surface area (Å²) in [7, 11) is 1.31. The topological polar surface area (TPSA) is 51.2 Å². The van der Waals surface area contributed by atoms with Gasteiger partial charge in [-0.05, 0) is 48.6 Å². The molecule has 5 rings (SSSR count). The summed E-state index contributed by atoms with van der Waals surface area (Å²) >= 11 is 3.70. The van der Waals surface area contributed by atoms with E-state index >= 15 is 0 Å². The van der Waals surface area contributed by atoms with Gasteiger partial charge in [0.05, 0.1) is 13.4 Å². The molecule has 0 atom stereocenters. The summed E-state index contributed by atoms with van der Waals surface area (Å²) in [4.78, 5) is 8.26. The molecule has 3 aromatic rings. The number of ether oxygens (including phenoxy) is 1. The molecule has 6 nitrogen and oxygen atoms in total. The fourth-order valence-electron chi connectivity index (χ4n) is 5.03. The molecular weight excluding hydrogens is 523 g/mol. The Labute approximate surface area is 243 Å². The molecule has 2 aliphatic heterocycles. The SMILES string of the molecule is COC=Cc1c(SC(C)(C)C)cccc1N1CCN(B(C)O)CC1.c1cc(N2CCNCC2)c2ccsc2c1. The molecule has 0 saturated carbocycles. The number of hydrogen-bond donors (Lipinski definition) is 2. The highest BCUT2D eigenvalue weighted by atomic mass is 32.2. The maximum Gasteiger partial charge on any atom is 0.376 e. The van der Waals surface area contributed by atoms with Gasteiger partial charge in [-0.1, -0.05) is 32.9 Å². The first-order chi connectivity index (χ1) is 18.8. The quantitative estimate of drug-likeness (QED) is 0.224. The van der Waals surface area contributed by atoms with Gasteiger partial charge in [-0.2, -0.15) is 0 Å². The third-order valence-corrected chi connectivity index (χ3v) is 9.01. The van der Waals surface area contributed by atoms with Crippen LogP contribution in [-0.4, -0.2) is 81.1 Å². The molecular formula is C30H43BN4O2S2. The molecule has 0 amide bonds. The Hall–Kier alpha value is -2.17. The lowest BCUT2D eigenvalue weighted by atomic mass is 9.84. The summed E-state index contributed by atoms with van der Waals surface area (Å²) in [6, 6.07) is 15.3. The van der Waals surface area contributed by atoms with Crippen LogP contribution in [0.25, 0.3) is 16.2 Å². The van der Waals surface area contributed by atoms with Crippen molar-refractivity contribution in [2.75, 3.05) is 69.3 Å². The van der Waals surface area contributed by atoms with Crippen molar-refractivity contribution in [3.8, 4) is 0 Å². The molecule has 3 heterocycles. The van der Waals surface area contributed by atoms with Crippen molar-refractivity contribution < 1.29 is 9.76 Å². The number of thiophene rings is 1. The first kappa shape index (κ1) is 29.8. The van der Waals surface area contributed by atoms with Gasteiger partial charge < -0.3 is 29.7 Å². The predicted molar refractivity (Wildman–Crippen MR) is 173 cm³/mol. The van der Waals surface area contributed by atoms with E-state index in [9.17, 15) is 5.02 Å². The highest BCUT2D eigenvalue weighted by molar-refractivity contribution is 8.00. The Morgan fingerprint density at radius 2 is 1.62 bits per heavy atom. The van der Waals surface area contributed by atoms with E-state index < -0.39 is 0 Å². The molecule has 0 spiro atoms. The van der Waals surface area contributed by atoms with Crippen LogP contribution in [0.2, 0.25) is 6.82 Å². The van der Waals surface area contributed by atoms with Crippen LogP contribution in [0.3, 0.4) is 0 Å². The van der Waals surface area contributed by atoms with Crippen LogP contribution in [0, 0.1) is 0 Å². The van der Waals surface area contributed by atoms with Crippen LogP contribution in [-0.2, 0) is 4.74 Å². The average Bonchev–Trinajstić information content (AvgIpc) is 3.42. The van der Waals surface area contributed by atoms with Crippen molar-refractivity contribution in [2.24, 2.45) is 0 Å². The number of benzene rings is 2. The van der Waals surface area contributed by atoms with Crippen molar-refractivity contribution in [1.82, 2.24) is 10.1 Å². The lowest BCUT2D eigenvalue weighted by Gasteiger charge is -2.37. The largest absolute Gasteiger partial charge is 0.504 e. The Bertz CT molecular complexity index is 1210. The summed E-state index contributed by atoms with van der Waals surface area (Å²) in [5.41, 5.74) is 3.85. The van der Waals surface area contributed by atoms with Gasteiger partial charge >= 0.3 is 7.05 Å². The van der Waals surface area contributed by atoms with E-state index in [1.165, 1.54) is 31.9 Å². The Morgan fingerprint density at radius 3 is 2.28 bits per heavy atom. The maximum absolute atomic E-state index is 9.75. The lowest BCUT2D eigenvalue weighted by molar-refractivity contribution is 0.341. The third kappa shape index (κ3) is 8.18. The van der Waals surface area contributed by atoms with Gasteiger partial charge in [0.1, 0.15) is 0 Å². The molecule has 0 bridgehead atoms. The van der Waals surface area contributed by atoms with Gasteiger partial charge in [-0.3, -0.25) is 0 Å². The summed E-state index contributed by atoms with van der Waals surface area (Å²) in [5.74, 6) is 0. The van der Waals surface area contributed by atoms with Gasteiger partial charge in [0, 0.05) is 89.0 Å². The molecule has 39 heavy (non-hydrogen) atoms. The van der Waals surface area contributed by atoms with Gasteiger partial charge in [0.25, 0.3) is 0 Å². The van der Waals surface area contributed by atoms with Crippen molar-refractivity contribution in [2.45, 2.75) is 37.2 Å². The number of piperazine rings is 2. The highest BCUT2D eigenvalue weighted by Gasteiger charge is 2.25. The van der Waals surface area contributed by atoms with Crippen LogP contribution in [0.1, 0.15) is 26.3 Å². The normalized spacial score (nSPS) is 16.9. The number of thioether (sulfide) groups is 1. The molecule has 2 N–H and O–H groups in total. The first-order valence-corrected chi connectivity index (χ1v) is 15.6. The second-order valence-electron chi connectivity index (χ2n) is 10.9. The zero-order valence-electron chi connectivity index (χ0n) is 24.0. The van der Waals surface area contributed by atoms with Crippen LogP contribution in [0.15, 0.2) is 59.0 Å². The van der Waals surface area contributed by atoms with E-state index in [1.54, 1.807) is 13.4 Å². The fraction of sp³-hybridized carbons (Fsp3) is 0.467. The van der Waals surface area contributed by atoms with Crippen LogP contribution in [0.5, 0.6) is 0 Å². The van der Waals surface area contributed by atoms with E-state index in [4.69, 9.17) is 4.74 Å². The minimum atomic E-state index is -0.372. The molecule has 210 valence electrons. The second-order valence-corrected chi connectivity index (χ2v) is 13.8. The van der Waals surface area contributed by atoms with Crippen molar-refractivity contribution >= 4 is 57.7 Å². The molecule has 0 unspecified atom stereocenters. The zero-order chi connectivity index (χ0) is 27.8. The van der Waals surface area contributed by atoms with Crippen molar-refractivity contribution in [3.05, 3.63) is 59.7 Å². The van der Waals surface area contributed by atoms with E-state index in [0.717, 1.165) is 52.4 Å². The number of methoxy groups -OCH3 is 1. The fourth-order valence-corrected chi connectivity index (χ4v) is 6.92. The van der Waals surface area contributed by atoms with Crippen LogP contribution < -0.4 is 15.1 Å². The number of anilines is 2. The standard InChI is InChI=1S/C18H29BN2O2S.C12H14N2S/c1-18(2,3)24-17-8-6-7-16(15(17)9-14-23-5)20-10-12-21(13-11-20)19(4)22;1-2-11(14-7-5-13-6-8-14)10-4-9-15-12(10)3-1/h6-9,14,22H,10-13H2,1-5H3;1-4,9,13H,5-8H2. The van der Waals surface area contributed by atoms with Crippen molar-refractivity contribution in [3.63, 3.8) is 0 Å². The Balaban J connectivity index is 0.000000199. The zero-order valence-corrected chi connectivity index (χ0v) is 25.7. The third-order valence-electron chi connectivity index (χ3n) is 6.94. The van der Waals surface area contributed by atoms with Crippen LogP contribution >= 0.6 is 23.1 Å². The summed E-state index contributed by atoms with van der Waals surface area (Å²) in [6.07, 6.45) is 3.81. The summed E-state index contributed by atoms with van der Waals surface area (Å²) < 4.78 is 6.72. The molecule has 2 aliphatic rings. The van der Waals surface area contributed by atoms with Crippen molar-refractivity contribution in [1.29, 1.82) is 0 Å². The molecule has 1 aromatic heterocycles. The molecule has 0 radical (unpaired) electrons. The summed E-state index contributed by atoms with van der Waals surface area (Å²) in [6.45, 7) is 16.6. The van der Waals surface area contributed by atoms with E-state index in [1.807, 2.05) is 29.9 Å². The number of nitrogens with zero attached hydrogens (tertiary/aromatic N) is 3.